The Bertz CT molecular complexity index is 510. The fourth-order valence-corrected chi connectivity index (χ4v) is 2.75. The molecule has 1 amide bonds. The van der Waals surface area contributed by atoms with Gasteiger partial charge in [-0.05, 0) is 26.0 Å². The van der Waals surface area contributed by atoms with Gasteiger partial charge in [-0.2, -0.15) is 5.06 Å². The lowest BCUT2D eigenvalue weighted by Crippen LogP contribution is -2.62. The zero-order chi connectivity index (χ0) is 14.2. The highest BCUT2D eigenvalue weighted by atomic mass is 16.7. The molecule has 0 atom stereocenters. The third kappa shape index (κ3) is 2.17. The van der Waals surface area contributed by atoms with Crippen molar-refractivity contribution in [1.82, 2.24) is 10.4 Å². The first-order chi connectivity index (χ1) is 9.62. The van der Waals surface area contributed by atoms with Crippen LogP contribution in [0.15, 0.2) is 24.3 Å². The second-order valence-electron chi connectivity index (χ2n) is 5.55. The number of hydrogen-bond donors (Lipinski definition) is 1. The minimum absolute atomic E-state index is 0.0698. The Morgan fingerprint density at radius 1 is 1.30 bits per heavy atom. The van der Waals surface area contributed by atoms with Gasteiger partial charge in [0.15, 0.2) is 0 Å². The van der Waals surface area contributed by atoms with Gasteiger partial charge in [0.2, 0.25) is 5.72 Å². The van der Waals surface area contributed by atoms with E-state index in [1.54, 1.807) is 6.07 Å². The SMILES string of the molecule is CC(C)ON1C(=O)c2ccccc2OC12CCNCC2. The van der Waals surface area contributed by atoms with Crippen molar-refractivity contribution in [1.29, 1.82) is 0 Å². The maximum Gasteiger partial charge on any atom is 0.284 e. The molecule has 0 radical (unpaired) electrons. The maximum absolute atomic E-state index is 12.7. The Hall–Kier alpha value is -1.59. The average molecular weight is 276 g/mol. The summed E-state index contributed by atoms with van der Waals surface area (Å²) in [5, 5.41) is 4.75. The number of benzene rings is 1. The summed E-state index contributed by atoms with van der Waals surface area (Å²) in [4.78, 5) is 18.5. The third-order valence-electron chi connectivity index (χ3n) is 3.67. The van der Waals surface area contributed by atoms with Crippen LogP contribution >= 0.6 is 0 Å². The van der Waals surface area contributed by atoms with Gasteiger partial charge in [0.05, 0.1) is 11.7 Å². The monoisotopic (exact) mass is 276 g/mol. The summed E-state index contributed by atoms with van der Waals surface area (Å²) in [6, 6.07) is 7.36. The molecule has 0 bridgehead atoms. The molecule has 3 rings (SSSR count). The number of piperidine rings is 1. The van der Waals surface area contributed by atoms with Crippen LogP contribution in [0.5, 0.6) is 5.75 Å². The van der Waals surface area contributed by atoms with Gasteiger partial charge in [-0.25, -0.2) is 0 Å². The minimum atomic E-state index is -0.680. The van der Waals surface area contributed by atoms with Crippen LogP contribution in [0.25, 0.3) is 0 Å². The number of hydrogen-bond acceptors (Lipinski definition) is 4. The quantitative estimate of drug-likeness (QED) is 0.897. The van der Waals surface area contributed by atoms with Gasteiger partial charge in [-0.15, -0.1) is 0 Å². The first-order valence-corrected chi connectivity index (χ1v) is 7.12. The van der Waals surface area contributed by atoms with Crippen molar-refractivity contribution < 1.29 is 14.4 Å². The highest BCUT2D eigenvalue weighted by molar-refractivity contribution is 5.97. The highest BCUT2D eigenvalue weighted by Crippen LogP contribution is 2.38. The number of hydroxylamine groups is 2. The molecule has 108 valence electrons. The number of carbonyl (C=O) groups is 1. The van der Waals surface area contributed by atoms with E-state index in [1.165, 1.54) is 5.06 Å². The lowest BCUT2D eigenvalue weighted by Gasteiger charge is -2.48. The van der Waals surface area contributed by atoms with E-state index in [0.29, 0.717) is 11.3 Å². The largest absolute Gasteiger partial charge is 0.465 e. The van der Waals surface area contributed by atoms with Crippen LogP contribution in [0.1, 0.15) is 37.0 Å². The van der Waals surface area contributed by atoms with Gasteiger partial charge in [0.1, 0.15) is 5.75 Å². The summed E-state index contributed by atoms with van der Waals surface area (Å²) in [6.45, 7) is 5.46. The van der Waals surface area contributed by atoms with E-state index in [-0.39, 0.29) is 12.0 Å². The molecule has 1 spiro atoms. The molecule has 2 heterocycles. The summed E-state index contributed by atoms with van der Waals surface area (Å²) in [5.74, 6) is 0.547. The lowest BCUT2D eigenvalue weighted by atomic mass is 9.97. The minimum Gasteiger partial charge on any atom is -0.465 e. The highest BCUT2D eigenvalue weighted by Gasteiger charge is 2.49. The van der Waals surface area contributed by atoms with Gasteiger partial charge in [0.25, 0.3) is 5.91 Å². The summed E-state index contributed by atoms with van der Waals surface area (Å²) in [5.41, 5.74) is -0.113. The van der Waals surface area contributed by atoms with Gasteiger partial charge in [-0.3, -0.25) is 9.63 Å². The summed E-state index contributed by atoms with van der Waals surface area (Å²) >= 11 is 0. The van der Waals surface area contributed by atoms with E-state index in [2.05, 4.69) is 5.32 Å². The topological polar surface area (TPSA) is 50.8 Å². The van der Waals surface area contributed by atoms with E-state index >= 15 is 0 Å². The second kappa shape index (κ2) is 5.07. The molecular formula is C15H20N2O3. The van der Waals surface area contributed by atoms with Crippen LogP contribution in [-0.4, -0.2) is 35.9 Å². The Kier molecular flexibility index (Phi) is 3.40. The molecule has 0 saturated carbocycles. The van der Waals surface area contributed by atoms with Crippen molar-refractivity contribution in [3.63, 3.8) is 0 Å². The Morgan fingerprint density at radius 2 is 2.00 bits per heavy atom. The molecule has 2 aliphatic heterocycles. The molecular weight excluding hydrogens is 256 g/mol. The number of carbonyl (C=O) groups excluding carboxylic acids is 1. The van der Waals surface area contributed by atoms with E-state index < -0.39 is 5.72 Å². The number of nitrogens with zero attached hydrogens (tertiary/aromatic N) is 1. The second-order valence-corrected chi connectivity index (χ2v) is 5.55. The molecule has 0 aliphatic carbocycles. The van der Waals surface area contributed by atoms with Crippen molar-refractivity contribution >= 4 is 5.91 Å². The van der Waals surface area contributed by atoms with Crippen molar-refractivity contribution in [2.45, 2.75) is 38.5 Å². The van der Waals surface area contributed by atoms with Crippen molar-refractivity contribution in [2.24, 2.45) is 0 Å². The first kappa shape index (κ1) is 13.4. The van der Waals surface area contributed by atoms with Crippen LogP contribution in [0.4, 0.5) is 0 Å². The van der Waals surface area contributed by atoms with Crippen LogP contribution in [0.2, 0.25) is 0 Å². The van der Waals surface area contributed by atoms with Crippen molar-refractivity contribution in [3.05, 3.63) is 29.8 Å². The third-order valence-corrected chi connectivity index (χ3v) is 3.67. The number of amides is 1. The fraction of sp³-hybridized carbons (Fsp3) is 0.533. The standard InChI is InChI=1S/C15H20N2O3/c1-11(2)20-17-14(18)12-5-3-4-6-13(12)19-15(17)7-9-16-10-8-15/h3-6,11,16H,7-10H2,1-2H3. The predicted molar refractivity (Wildman–Crippen MR) is 74.3 cm³/mol. The molecule has 2 aliphatic rings. The molecule has 1 fully saturated rings. The molecule has 5 heteroatoms. The molecule has 1 N–H and O–H groups in total. The number of para-hydroxylation sites is 1. The molecule has 1 aromatic rings. The van der Waals surface area contributed by atoms with Gasteiger partial charge >= 0.3 is 0 Å². The number of nitrogens with one attached hydrogen (secondary N) is 1. The maximum atomic E-state index is 12.7. The van der Waals surface area contributed by atoms with Crippen molar-refractivity contribution in [2.75, 3.05) is 13.1 Å². The predicted octanol–water partition coefficient (Wildman–Crippen LogP) is 1.94. The van der Waals surface area contributed by atoms with Crippen LogP contribution in [-0.2, 0) is 4.84 Å². The van der Waals surface area contributed by atoms with Gasteiger partial charge in [-0.1, -0.05) is 12.1 Å². The van der Waals surface area contributed by atoms with E-state index in [0.717, 1.165) is 25.9 Å². The molecule has 0 aromatic heterocycles. The molecule has 1 aromatic carbocycles. The lowest BCUT2D eigenvalue weighted by molar-refractivity contribution is -0.276. The van der Waals surface area contributed by atoms with Gasteiger partial charge in [0, 0.05) is 25.9 Å². The smallest absolute Gasteiger partial charge is 0.284 e. The van der Waals surface area contributed by atoms with E-state index in [1.807, 2.05) is 32.0 Å². The summed E-state index contributed by atoms with van der Waals surface area (Å²) in [6.07, 6.45) is 1.37. The summed E-state index contributed by atoms with van der Waals surface area (Å²) < 4.78 is 6.18. The average Bonchev–Trinajstić information content (AvgIpc) is 2.44. The number of rotatable bonds is 2. The first-order valence-electron chi connectivity index (χ1n) is 7.12. The number of ether oxygens (including phenoxy) is 1. The summed E-state index contributed by atoms with van der Waals surface area (Å²) in [7, 11) is 0. The Balaban J connectivity index is 2.01. The van der Waals surface area contributed by atoms with Crippen LogP contribution in [0.3, 0.4) is 0 Å². The number of fused-ring (bicyclic) bond motifs is 1. The Morgan fingerprint density at radius 3 is 2.70 bits per heavy atom. The zero-order valence-electron chi connectivity index (χ0n) is 11.9. The molecule has 20 heavy (non-hydrogen) atoms. The van der Waals surface area contributed by atoms with Crippen LogP contribution in [0, 0.1) is 0 Å². The van der Waals surface area contributed by atoms with Gasteiger partial charge < -0.3 is 10.1 Å². The zero-order valence-corrected chi connectivity index (χ0v) is 11.9. The van der Waals surface area contributed by atoms with E-state index in [9.17, 15) is 4.79 Å². The van der Waals surface area contributed by atoms with Crippen molar-refractivity contribution in [3.8, 4) is 5.75 Å². The normalized spacial score (nSPS) is 20.9. The fourth-order valence-electron chi connectivity index (χ4n) is 2.75. The van der Waals surface area contributed by atoms with Crippen LogP contribution < -0.4 is 10.1 Å². The molecule has 5 nitrogen and oxygen atoms in total. The van der Waals surface area contributed by atoms with E-state index in [4.69, 9.17) is 9.57 Å². The molecule has 0 unspecified atom stereocenters. The molecule has 1 saturated heterocycles. The Labute approximate surface area is 118 Å².